The number of aromatic nitrogens is 2. The summed E-state index contributed by atoms with van der Waals surface area (Å²) in [5.74, 6) is -0.00850. The fourth-order valence-electron chi connectivity index (χ4n) is 2.91. The largest absolute Gasteiger partial charge is 0.492 e. The van der Waals surface area contributed by atoms with Gasteiger partial charge in [-0.1, -0.05) is 6.07 Å². The summed E-state index contributed by atoms with van der Waals surface area (Å²) >= 11 is 0. The molecule has 0 saturated carbocycles. The Labute approximate surface area is 155 Å². The monoisotopic (exact) mass is 368 g/mol. The fraction of sp³-hybridized carbons (Fsp3) is 0.211. The van der Waals surface area contributed by atoms with Crippen LogP contribution in [0.4, 0.5) is 11.5 Å². The zero-order valence-corrected chi connectivity index (χ0v) is 15.0. The fourth-order valence-corrected chi connectivity index (χ4v) is 2.91. The van der Waals surface area contributed by atoms with E-state index in [1.54, 1.807) is 25.3 Å². The predicted octanol–water partition coefficient (Wildman–Crippen LogP) is 2.46. The van der Waals surface area contributed by atoms with Crippen LogP contribution in [0.2, 0.25) is 0 Å². The lowest BCUT2D eigenvalue weighted by Crippen LogP contribution is -2.19. The number of hydrogen-bond acceptors (Lipinski definition) is 6. The van der Waals surface area contributed by atoms with Crippen LogP contribution in [0.15, 0.2) is 41.3 Å². The summed E-state index contributed by atoms with van der Waals surface area (Å²) < 4.78 is 5.47. The Hall–Kier alpha value is -3.55. The van der Waals surface area contributed by atoms with Gasteiger partial charge >= 0.3 is 5.97 Å². The maximum atomic E-state index is 12.5. The minimum atomic E-state index is -1.25. The number of H-pyrrole nitrogens is 1. The van der Waals surface area contributed by atoms with E-state index in [4.69, 9.17) is 4.74 Å². The highest BCUT2D eigenvalue weighted by atomic mass is 16.5. The van der Waals surface area contributed by atoms with E-state index < -0.39 is 11.4 Å². The Morgan fingerprint density at radius 3 is 2.67 bits per heavy atom. The highest BCUT2D eigenvalue weighted by Gasteiger charge is 2.19. The van der Waals surface area contributed by atoms with E-state index in [1.165, 1.54) is 7.11 Å². The minimum absolute atomic E-state index is 0.259. The molecule has 27 heavy (non-hydrogen) atoms. The summed E-state index contributed by atoms with van der Waals surface area (Å²) in [6.07, 6.45) is 1.71. The molecule has 0 aliphatic carbocycles. The van der Waals surface area contributed by atoms with E-state index in [1.807, 2.05) is 18.2 Å². The second kappa shape index (κ2) is 7.77. The Morgan fingerprint density at radius 2 is 2.00 bits per heavy atom. The van der Waals surface area contributed by atoms with Gasteiger partial charge in [-0.15, -0.1) is 0 Å². The predicted molar refractivity (Wildman–Crippen MR) is 104 cm³/mol. The van der Waals surface area contributed by atoms with Crippen molar-refractivity contribution < 1.29 is 14.6 Å². The van der Waals surface area contributed by atoms with Crippen molar-refractivity contribution in [3.8, 4) is 5.75 Å². The minimum Gasteiger partial charge on any atom is -0.492 e. The van der Waals surface area contributed by atoms with Crippen LogP contribution in [0.25, 0.3) is 10.9 Å². The van der Waals surface area contributed by atoms with Crippen LogP contribution in [-0.4, -0.2) is 41.2 Å². The van der Waals surface area contributed by atoms with Crippen LogP contribution in [-0.2, 0) is 0 Å². The molecule has 8 heteroatoms. The number of fused-ring (bicyclic) bond motifs is 1. The first-order valence-corrected chi connectivity index (χ1v) is 8.38. The molecule has 2 aromatic heterocycles. The smallest absolute Gasteiger partial charge is 0.341 e. The van der Waals surface area contributed by atoms with Gasteiger partial charge in [-0.2, -0.15) is 0 Å². The number of ether oxygens (including phenoxy) is 1. The number of hydrogen-bond donors (Lipinski definition) is 4. The van der Waals surface area contributed by atoms with Crippen LogP contribution < -0.4 is 20.8 Å². The Kier molecular flexibility index (Phi) is 5.25. The highest BCUT2D eigenvalue weighted by molar-refractivity contribution is 5.97. The molecule has 3 aromatic rings. The van der Waals surface area contributed by atoms with Crippen LogP contribution in [0, 0.1) is 6.92 Å². The molecular weight excluding hydrogens is 348 g/mol. The molecule has 0 fully saturated rings. The molecule has 4 N–H and O–H groups in total. The average molecular weight is 368 g/mol. The normalized spacial score (nSPS) is 10.6. The molecule has 0 radical (unpaired) electrons. The van der Waals surface area contributed by atoms with Gasteiger partial charge in [0.05, 0.1) is 23.7 Å². The SMILES string of the molecule is COc1c(NCCNc2ccccn2)ccc2c(=O)c(C(=O)O)c(C)[nH]c12. The first kappa shape index (κ1) is 18.2. The van der Waals surface area contributed by atoms with E-state index in [-0.39, 0.29) is 16.6 Å². The van der Waals surface area contributed by atoms with E-state index in [9.17, 15) is 14.7 Å². The quantitative estimate of drug-likeness (QED) is 0.473. The van der Waals surface area contributed by atoms with Crippen molar-refractivity contribution >= 4 is 28.4 Å². The third-order valence-corrected chi connectivity index (χ3v) is 4.15. The number of nitrogens with one attached hydrogen (secondary N) is 3. The standard InChI is InChI=1S/C19H20N4O4/c1-11-15(19(25)26)17(24)12-6-7-13(18(27-2)16(12)23-11)20-9-10-22-14-5-3-4-8-21-14/h3-8,20H,9-10H2,1-2H3,(H,21,22)(H,23,24)(H,25,26). The lowest BCUT2D eigenvalue weighted by atomic mass is 10.1. The Morgan fingerprint density at radius 1 is 1.22 bits per heavy atom. The zero-order valence-electron chi connectivity index (χ0n) is 15.0. The lowest BCUT2D eigenvalue weighted by molar-refractivity contribution is 0.0694. The number of rotatable bonds is 7. The number of aromatic carboxylic acids is 1. The molecule has 8 nitrogen and oxygen atoms in total. The number of anilines is 2. The number of benzene rings is 1. The first-order valence-electron chi connectivity index (χ1n) is 8.38. The summed E-state index contributed by atoms with van der Waals surface area (Å²) in [6, 6.07) is 8.93. The van der Waals surface area contributed by atoms with Crippen molar-refractivity contribution in [2.75, 3.05) is 30.8 Å². The van der Waals surface area contributed by atoms with Gasteiger partial charge in [0.15, 0.2) is 5.75 Å². The van der Waals surface area contributed by atoms with E-state index >= 15 is 0 Å². The van der Waals surface area contributed by atoms with Crippen molar-refractivity contribution in [1.82, 2.24) is 9.97 Å². The van der Waals surface area contributed by atoms with Crippen molar-refractivity contribution in [3.63, 3.8) is 0 Å². The zero-order chi connectivity index (χ0) is 19.4. The van der Waals surface area contributed by atoms with E-state index in [2.05, 4.69) is 20.6 Å². The van der Waals surface area contributed by atoms with Crippen LogP contribution in [0.1, 0.15) is 16.1 Å². The van der Waals surface area contributed by atoms with E-state index in [0.717, 1.165) is 5.82 Å². The Bertz CT molecular complexity index is 1030. The van der Waals surface area contributed by atoms with Gasteiger partial charge in [-0.25, -0.2) is 9.78 Å². The second-order valence-electron chi connectivity index (χ2n) is 5.90. The topological polar surface area (TPSA) is 116 Å². The number of carboxylic acids is 1. The summed E-state index contributed by atoms with van der Waals surface area (Å²) in [6.45, 7) is 2.78. The molecular formula is C19H20N4O4. The average Bonchev–Trinajstić information content (AvgIpc) is 2.65. The molecule has 0 spiro atoms. The number of nitrogens with zero attached hydrogens (tertiary/aromatic N) is 1. The molecule has 0 saturated heterocycles. The number of methoxy groups -OCH3 is 1. The molecule has 2 heterocycles. The van der Waals surface area contributed by atoms with Crippen molar-refractivity contribution in [3.05, 3.63) is 58.0 Å². The number of pyridine rings is 2. The molecule has 0 aliphatic rings. The van der Waals surface area contributed by atoms with Gasteiger partial charge in [0, 0.05) is 25.0 Å². The molecule has 0 atom stereocenters. The molecule has 0 aliphatic heterocycles. The summed E-state index contributed by atoms with van der Waals surface area (Å²) in [4.78, 5) is 31.0. The molecule has 0 amide bonds. The van der Waals surface area contributed by atoms with Gasteiger partial charge in [0.1, 0.15) is 11.4 Å². The third-order valence-electron chi connectivity index (χ3n) is 4.15. The van der Waals surface area contributed by atoms with Gasteiger partial charge in [0.2, 0.25) is 5.43 Å². The summed E-state index contributed by atoms with van der Waals surface area (Å²) in [5, 5.41) is 16.0. The molecule has 140 valence electrons. The molecule has 1 aromatic carbocycles. The summed E-state index contributed by atoms with van der Waals surface area (Å²) in [7, 11) is 1.50. The van der Waals surface area contributed by atoms with Gasteiger partial charge < -0.3 is 25.5 Å². The van der Waals surface area contributed by atoms with Crippen LogP contribution in [0.3, 0.4) is 0 Å². The number of aromatic amines is 1. The molecule has 3 rings (SSSR count). The van der Waals surface area contributed by atoms with Gasteiger partial charge in [-0.3, -0.25) is 4.79 Å². The summed E-state index contributed by atoms with van der Waals surface area (Å²) in [5.41, 5.74) is 0.658. The lowest BCUT2D eigenvalue weighted by Gasteiger charge is -2.15. The Balaban J connectivity index is 1.85. The van der Waals surface area contributed by atoms with E-state index in [0.29, 0.717) is 30.0 Å². The number of aryl methyl sites for hydroxylation is 1. The maximum absolute atomic E-state index is 12.5. The van der Waals surface area contributed by atoms with Gasteiger partial charge in [-0.05, 0) is 31.2 Å². The second-order valence-corrected chi connectivity index (χ2v) is 5.90. The maximum Gasteiger partial charge on any atom is 0.341 e. The molecule has 0 bridgehead atoms. The van der Waals surface area contributed by atoms with Crippen molar-refractivity contribution in [2.45, 2.75) is 6.92 Å². The van der Waals surface area contributed by atoms with Crippen LogP contribution in [0.5, 0.6) is 5.75 Å². The van der Waals surface area contributed by atoms with Gasteiger partial charge in [0.25, 0.3) is 0 Å². The number of carbonyl (C=O) groups is 1. The highest BCUT2D eigenvalue weighted by Crippen LogP contribution is 2.31. The first-order chi connectivity index (χ1) is 13.0. The van der Waals surface area contributed by atoms with Crippen LogP contribution >= 0.6 is 0 Å². The van der Waals surface area contributed by atoms with Crippen molar-refractivity contribution in [1.29, 1.82) is 0 Å². The number of carboxylic acid groups (broad SMARTS) is 1. The third kappa shape index (κ3) is 3.69. The van der Waals surface area contributed by atoms with Crippen molar-refractivity contribution in [2.24, 2.45) is 0 Å². The molecule has 0 unspecified atom stereocenters.